The SMILES string of the molecule is C#CCOCc1ccc(C)cc1. The molecule has 0 aromatic heterocycles. The summed E-state index contributed by atoms with van der Waals surface area (Å²) in [6.07, 6.45) is 5.04. The van der Waals surface area contributed by atoms with E-state index >= 15 is 0 Å². The number of aryl methyl sites for hydroxylation is 1. The van der Waals surface area contributed by atoms with Crippen molar-refractivity contribution in [1.29, 1.82) is 0 Å². The number of hydrogen-bond acceptors (Lipinski definition) is 1. The lowest BCUT2D eigenvalue weighted by Crippen LogP contribution is -1.92. The van der Waals surface area contributed by atoms with Gasteiger partial charge < -0.3 is 4.74 Å². The van der Waals surface area contributed by atoms with Gasteiger partial charge in [0, 0.05) is 0 Å². The minimum Gasteiger partial charge on any atom is -0.364 e. The quantitative estimate of drug-likeness (QED) is 0.486. The van der Waals surface area contributed by atoms with Gasteiger partial charge in [-0.15, -0.1) is 6.42 Å². The first-order valence-corrected chi connectivity index (χ1v) is 3.89. The molecule has 62 valence electrons. The van der Waals surface area contributed by atoms with Crippen LogP contribution in [0.2, 0.25) is 0 Å². The van der Waals surface area contributed by atoms with Crippen molar-refractivity contribution in [3.8, 4) is 12.3 Å². The second kappa shape index (κ2) is 4.58. The minimum atomic E-state index is 0.383. The van der Waals surface area contributed by atoms with Gasteiger partial charge >= 0.3 is 0 Å². The molecule has 0 fully saturated rings. The van der Waals surface area contributed by atoms with Crippen molar-refractivity contribution in [1.82, 2.24) is 0 Å². The molecule has 0 N–H and O–H groups in total. The van der Waals surface area contributed by atoms with Crippen molar-refractivity contribution in [3.05, 3.63) is 35.4 Å². The Hall–Kier alpha value is -1.26. The highest BCUT2D eigenvalue weighted by molar-refractivity contribution is 5.20. The lowest BCUT2D eigenvalue weighted by atomic mass is 10.2. The summed E-state index contributed by atoms with van der Waals surface area (Å²) in [5.41, 5.74) is 2.42. The van der Waals surface area contributed by atoms with Crippen LogP contribution in [0, 0.1) is 19.3 Å². The molecule has 1 aromatic carbocycles. The second-order valence-electron chi connectivity index (χ2n) is 2.68. The molecule has 0 bridgehead atoms. The Morgan fingerprint density at radius 3 is 2.58 bits per heavy atom. The third-order valence-corrected chi connectivity index (χ3v) is 1.57. The van der Waals surface area contributed by atoms with Crippen LogP contribution in [-0.2, 0) is 11.3 Å². The van der Waals surface area contributed by atoms with E-state index < -0.39 is 0 Å². The predicted molar refractivity (Wildman–Crippen MR) is 49.7 cm³/mol. The molecule has 0 aliphatic heterocycles. The number of ether oxygens (including phenoxy) is 1. The average molecular weight is 160 g/mol. The van der Waals surface area contributed by atoms with E-state index in [1.165, 1.54) is 5.56 Å². The summed E-state index contributed by atoms with van der Waals surface area (Å²) in [6.45, 7) is 3.05. The van der Waals surface area contributed by atoms with Crippen molar-refractivity contribution in [3.63, 3.8) is 0 Å². The lowest BCUT2D eigenvalue weighted by Gasteiger charge is -2.00. The maximum atomic E-state index is 5.17. The van der Waals surface area contributed by atoms with Gasteiger partial charge in [0.25, 0.3) is 0 Å². The second-order valence-corrected chi connectivity index (χ2v) is 2.68. The van der Waals surface area contributed by atoms with Gasteiger partial charge in [-0.1, -0.05) is 35.7 Å². The topological polar surface area (TPSA) is 9.23 Å². The maximum Gasteiger partial charge on any atom is 0.107 e. The van der Waals surface area contributed by atoms with Crippen molar-refractivity contribution in [2.45, 2.75) is 13.5 Å². The van der Waals surface area contributed by atoms with Gasteiger partial charge in [-0.3, -0.25) is 0 Å². The van der Waals surface area contributed by atoms with Gasteiger partial charge in [0.2, 0.25) is 0 Å². The van der Waals surface area contributed by atoms with Gasteiger partial charge in [0.05, 0.1) is 6.61 Å². The highest BCUT2D eigenvalue weighted by Gasteiger charge is 1.90. The summed E-state index contributed by atoms with van der Waals surface area (Å²) >= 11 is 0. The summed E-state index contributed by atoms with van der Waals surface area (Å²) in [5.74, 6) is 2.43. The third-order valence-electron chi connectivity index (χ3n) is 1.57. The smallest absolute Gasteiger partial charge is 0.107 e. The normalized spacial score (nSPS) is 9.33. The molecule has 0 aliphatic rings. The molecule has 0 atom stereocenters. The monoisotopic (exact) mass is 160 g/mol. The Kier molecular flexibility index (Phi) is 3.37. The van der Waals surface area contributed by atoms with E-state index in [0.29, 0.717) is 13.2 Å². The maximum absolute atomic E-state index is 5.17. The molecule has 1 aromatic rings. The fourth-order valence-corrected chi connectivity index (χ4v) is 0.912. The molecule has 1 nitrogen and oxygen atoms in total. The Balaban J connectivity index is 2.43. The van der Waals surface area contributed by atoms with E-state index in [9.17, 15) is 0 Å². The molecule has 0 spiro atoms. The van der Waals surface area contributed by atoms with Gasteiger partial charge in [0.1, 0.15) is 6.61 Å². The largest absolute Gasteiger partial charge is 0.364 e. The van der Waals surface area contributed by atoms with Crippen LogP contribution < -0.4 is 0 Å². The van der Waals surface area contributed by atoms with Crippen LogP contribution in [0.1, 0.15) is 11.1 Å². The zero-order valence-electron chi connectivity index (χ0n) is 7.21. The van der Waals surface area contributed by atoms with E-state index in [1.807, 2.05) is 12.1 Å². The first kappa shape index (κ1) is 8.83. The first-order valence-electron chi connectivity index (χ1n) is 3.89. The van der Waals surface area contributed by atoms with Crippen molar-refractivity contribution in [2.24, 2.45) is 0 Å². The minimum absolute atomic E-state index is 0.383. The van der Waals surface area contributed by atoms with Crippen LogP contribution in [-0.4, -0.2) is 6.61 Å². The number of terminal acetylenes is 1. The van der Waals surface area contributed by atoms with E-state index in [1.54, 1.807) is 0 Å². The Morgan fingerprint density at radius 2 is 2.00 bits per heavy atom. The standard InChI is InChI=1S/C11H12O/c1-3-8-12-9-11-6-4-10(2)5-7-11/h1,4-7H,8-9H2,2H3. The zero-order chi connectivity index (χ0) is 8.81. The van der Waals surface area contributed by atoms with Crippen LogP contribution in [0.25, 0.3) is 0 Å². The number of benzene rings is 1. The summed E-state index contributed by atoms with van der Waals surface area (Å²) in [7, 11) is 0. The molecule has 0 amide bonds. The van der Waals surface area contributed by atoms with Crippen LogP contribution in [0.4, 0.5) is 0 Å². The number of hydrogen-bond donors (Lipinski definition) is 0. The van der Waals surface area contributed by atoms with E-state index in [-0.39, 0.29) is 0 Å². The summed E-state index contributed by atoms with van der Waals surface area (Å²) in [6, 6.07) is 8.22. The highest BCUT2D eigenvalue weighted by Crippen LogP contribution is 2.03. The van der Waals surface area contributed by atoms with E-state index in [4.69, 9.17) is 11.2 Å². The van der Waals surface area contributed by atoms with Crippen LogP contribution in [0.15, 0.2) is 24.3 Å². The van der Waals surface area contributed by atoms with Crippen LogP contribution >= 0.6 is 0 Å². The average Bonchev–Trinajstić information content (AvgIpc) is 2.09. The molecule has 1 heteroatoms. The van der Waals surface area contributed by atoms with Crippen LogP contribution in [0.3, 0.4) is 0 Å². The lowest BCUT2D eigenvalue weighted by molar-refractivity contribution is 0.153. The van der Waals surface area contributed by atoms with Gasteiger partial charge in [-0.25, -0.2) is 0 Å². The van der Waals surface area contributed by atoms with Gasteiger partial charge in [-0.2, -0.15) is 0 Å². The molecule has 0 unspecified atom stereocenters. The summed E-state index contributed by atoms with van der Waals surface area (Å²) < 4.78 is 5.17. The number of rotatable bonds is 3. The molecule has 1 rings (SSSR count). The fraction of sp³-hybridized carbons (Fsp3) is 0.273. The highest BCUT2D eigenvalue weighted by atomic mass is 16.5. The Labute approximate surface area is 73.4 Å². The molecular formula is C11H12O. The van der Waals surface area contributed by atoms with E-state index in [0.717, 1.165) is 5.56 Å². The van der Waals surface area contributed by atoms with Crippen molar-refractivity contribution < 1.29 is 4.74 Å². The molecule has 0 heterocycles. The molecule has 0 radical (unpaired) electrons. The summed E-state index contributed by atoms with van der Waals surface area (Å²) in [4.78, 5) is 0. The zero-order valence-corrected chi connectivity index (χ0v) is 7.21. The van der Waals surface area contributed by atoms with E-state index in [2.05, 4.69) is 25.0 Å². The Morgan fingerprint density at radius 1 is 1.33 bits per heavy atom. The summed E-state index contributed by atoms with van der Waals surface area (Å²) in [5, 5.41) is 0. The predicted octanol–water partition coefficient (Wildman–Crippen LogP) is 2.14. The van der Waals surface area contributed by atoms with Gasteiger partial charge in [-0.05, 0) is 12.5 Å². The Bertz CT molecular complexity index is 266. The molecular weight excluding hydrogens is 148 g/mol. The van der Waals surface area contributed by atoms with Crippen LogP contribution in [0.5, 0.6) is 0 Å². The molecule has 12 heavy (non-hydrogen) atoms. The fourth-order valence-electron chi connectivity index (χ4n) is 0.912. The molecule has 0 saturated heterocycles. The molecule has 0 aliphatic carbocycles. The third kappa shape index (κ3) is 2.77. The van der Waals surface area contributed by atoms with Crippen molar-refractivity contribution >= 4 is 0 Å². The van der Waals surface area contributed by atoms with Gasteiger partial charge in [0.15, 0.2) is 0 Å². The molecule has 0 saturated carbocycles. The first-order chi connectivity index (χ1) is 5.83. The van der Waals surface area contributed by atoms with Crippen molar-refractivity contribution in [2.75, 3.05) is 6.61 Å².